The van der Waals surface area contributed by atoms with Gasteiger partial charge < -0.3 is 29.2 Å². The third-order valence-electron chi connectivity index (χ3n) is 3.83. The van der Waals surface area contributed by atoms with E-state index in [0.717, 1.165) is 4.90 Å². The van der Waals surface area contributed by atoms with Crippen molar-refractivity contribution < 1.29 is 33.3 Å². The van der Waals surface area contributed by atoms with E-state index in [1.54, 1.807) is 39.0 Å². The van der Waals surface area contributed by atoms with Crippen molar-refractivity contribution in [3.8, 4) is 11.5 Å². The van der Waals surface area contributed by atoms with Crippen LogP contribution in [0, 0.1) is 0 Å². The zero-order valence-corrected chi connectivity index (χ0v) is 18.0. The van der Waals surface area contributed by atoms with Crippen molar-refractivity contribution in [2.75, 3.05) is 34.9 Å². The molecule has 1 aromatic rings. The molecule has 0 saturated carbocycles. The number of ether oxygens (including phenoxy) is 4. The molecule has 29 heavy (non-hydrogen) atoms. The zero-order valence-electron chi connectivity index (χ0n) is 18.0. The summed E-state index contributed by atoms with van der Waals surface area (Å²) in [4.78, 5) is 37.5. The number of carbonyl (C=O) groups is 3. The van der Waals surface area contributed by atoms with E-state index in [0.29, 0.717) is 17.1 Å². The van der Waals surface area contributed by atoms with Crippen molar-refractivity contribution in [1.82, 2.24) is 10.2 Å². The molecule has 0 radical (unpaired) electrons. The molecule has 162 valence electrons. The molecule has 1 N–H and O–H groups in total. The normalized spacial score (nSPS) is 11.8. The zero-order chi connectivity index (χ0) is 22.2. The Bertz CT molecular complexity index is 728. The largest absolute Gasteiger partial charge is 0.493 e. The number of benzene rings is 1. The van der Waals surface area contributed by atoms with Crippen molar-refractivity contribution in [3.63, 3.8) is 0 Å². The lowest BCUT2D eigenvalue weighted by Gasteiger charge is -2.25. The van der Waals surface area contributed by atoms with Crippen molar-refractivity contribution in [2.24, 2.45) is 0 Å². The molecule has 9 heteroatoms. The van der Waals surface area contributed by atoms with Crippen LogP contribution in [0.15, 0.2) is 18.2 Å². The monoisotopic (exact) mass is 410 g/mol. The predicted octanol–water partition coefficient (Wildman–Crippen LogP) is 2.29. The van der Waals surface area contributed by atoms with Crippen molar-refractivity contribution in [1.29, 1.82) is 0 Å². The highest BCUT2D eigenvalue weighted by Gasteiger charge is 2.24. The Morgan fingerprint density at radius 2 is 1.69 bits per heavy atom. The van der Waals surface area contributed by atoms with Crippen LogP contribution in [-0.4, -0.2) is 63.4 Å². The minimum Gasteiger partial charge on any atom is -0.493 e. The number of nitrogens with one attached hydrogen (secondary N) is 1. The minimum atomic E-state index is -0.679. The molecule has 0 aromatic heterocycles. The maximum absolute atomic E-state index is 12.5. The number of rotatable bonds is 8. The van der Waals surface area contributed by atoms with Gasteiger partial charge in [-0.3, -0.25) is 9.59 Å². The summed E-state index contributed by atoms with van der Waals surface area (Å²) in [6.07, 6.45) is -0.711. The van der Waals surface area contributed by atoms with Gasteiger partial charge in [-0.1, -0.05) is 6.07 Å². The molecule has 0 fully saturated rings. The predicted molar refractivity (Wildman–Crippen MR) is 106 cm³/mol. The van der Waals surface area contributed by atoms with Crippen LogP contribution >= 0.6 is 0 Å². The van der Waals surface area contributed by atoms with Gasteiger partial charge in [0.1, 0.15) is 12.1 Å². The molecule has 2 amide bonds. The van der Waals surface area contributed by atoms with Gasteiger partial charge in [0.15, 0.2) is 11.5 Å². The molecule has 1 rings (SSSR count). The van der Waals surface area contributed by atoms with E-state index in [1.807, 2.05) is 0 Å². The van der Waals surface area contributed by atoms with Crippen LogP contribution in [0.2, 0.25) is 0 Å². The first-order valence-electron chi connectivity index (χ1n) is 9.03. The highest BCUT2D eigenvalue weighted by molar-refractivity contribution is 5.83. The first kappa shape index (κ1) is 24.1. The van der Waals surface area contributed by atoms with Gasteiger partial charge in [-0.25, -0.2) is 4.79 Å². The first-order valence-corrected chi connectivity index (χ1v) is 9.03. The summed E-state index contributed by atoms with van der Waals surface area (Å²) >= 11 is 0. The Kier molecular flexibility index (Phi) is 8.75. The van der Waals surface area contributed by atoms with E-state index in [2.05, 4.69) is 5.32 Å². The maximum Gasteiger partial charge on any atom is 0.410 e. The maximum atomic E-state index is 12.5. The number of methoxy groups -OCH3 is 3. The lowest BCUT2D eigenvalue weighted by Crippen LogP contribution is -2.42. The standard InChI is InChI=1S/C20H30N2O7/c1-20(2,3)29-19(25)22(4)12-17(23)21-14(11-18(24)28-7)13-8-9-15(26-5)16(10-13)27-6/h8-10,14H,11-12H2,1-7H3,(H,21,23). The summed E-state index contributed by atoms with van der Waals surface area (Å²) in [6, 6.07) is 4.39. The molecule has 9 nitrogen and oxygen atoms in total. The first-order chi connectivity index (χ1) is 13.5. The fourth-order valence-corrected chi connectivity index (χ4v) is 2.43. The fourth-order valence-electron chi connectivity index (χ4n) is 2.43. The molecular formula is C20H30N2O7. The van der Waals surface area contributed by atoms with Gasteiger partial charge in [0.2, 0.25) is 5.91 Å². The number of hydrogen-bond acceptors (Lipinski definition) is 7. The summed E-state index contributed by atoms with van der Waals surface area (Å²) in [6.45, 7) is 4.98. The molecule has 1 atom stereocenters. The Labute approximate surface area is 171 Å². The van der Waals surface area contributed by atoms with Gasteiger partial charge in [-0.15, -0.1) is 0 Å². The third-order valence-corrected chi connectivity index (χ3v) is 3.83. The Morgan fingerprint density at radius 3 is 2.21 bits per heavy atom. The smallest absolute Gasteiger partial charge is 0.410 e. The number of nitrogens with zero attached hydrogens (tertiary/aromatic N) is 1. The quantitative estimate of drug-likeness (QED) is 0.656. The van der Waals surface area contributed by atoms with Gasteiger partial charge in [0.25, 0.3) is 0 Å². The van der Waals surface area contributed by atoms with Crippen LogP contribution in [0.25, 0.3) is 0 Å². The summed E-state index contributed by atoms with van der Waals surface area (Å²) < 4.78 is 20.5. The average molecular weight is 410 g/mol. The van der Waals surface area contributed by atoms with Crippen molar-refractivity contribution in [3.05, 3.63) is 23.8 Å². The van der Waals surface area contributed by atoms with Crippen LogP contribution in [-0.2, 0) is 19.1 Å². The third kappa shape index (κ3) is 7.89. The van der Waals surface area contributed by atoms with Crippen LogP contribution in [0.1, 0.15) is 38.8 Å². The van der Waals surface area contributed by atoms with Gasteiger partial charge >= 0.3 is 12.1 Å². The highest BCUT2D eigenvalue weighted by Crippen LogP contribution is 2.31. The topological polar surface area (TPSA) is 103 Å². The second-order valence-corrected chi connectivity index (χ2v) is 7.35. The second-order valence-electron chi connectivity index (χ2n) is 7.35. The van der Waals surface area contributed by atoms with Crippen LogP contribution in [0.4, 0.5) is 4.79 Å². The number of amides is 2. The SMILES string of the molecule is COC(=O)CC(NC(=O)CN(C)C(=O)OC(C)(C)C)c1ccc(OC)c(OC)c1. The lowest BCUT2D eigenvalue weighted by molar-refractivity contribution is -0.141. The van der Waals surface area contributed by atoms with Crippen LogP contribution in [0.5, 0.6) is 11.5 Å². The van der Waals surface area contributed by atoms with Gasteiger partial charge in [0.05, 0.1) is 33.8 Å². The Balaban J connectivity index is 2.95. The van der Waals surface area contributed by atoms with E-state index in [9.17, 15) is 14.4 Å². The molecule has 0 aliphatic carbocycles. The summed E-state index contributed by atoms with van der Waals surface area (Å²) in [5.41, 5.74) is -0.0455. The summed E-state index contributed by atoms with van der Waals surface area (Å²) in [5.74, 6) is 0.0247. The van der Waals surface area contributed by atoms with Crippen LogP contribution in [0.3, 0.4) is 0 Å². The summed E-state index contributed by atoms with van der Waals surface area (Å²) in [5, 5.41) is 2.75. The van der Waals surface area contributed by atoms with Gasteiger partial charge in [-0.05, 0) is 38.5 Å². The molecule has 0 spiro atoms. The van der Waals surface area contributed by atoms with Crippen LogP contribution < -0.4 is 14.8 Å². The molecule has 0 aliphatic rings. The van der Waals surface area contributed by atoms with Gasteiger partial charge in [-0.2, -0.15) is 0 Å². The molecule has 0 bridgehead atoms. The minimum absolute atomic E-state index is 0.0894. The molecular weight excluding hydrogens is 380 g/mol. The highest BCUT2D eigenvalue weighted by atomic mass is 16.6. The Morgan fingerprint density at radius 1 is 1.07 bits per heavy atom. The molecule has 0 aliphatic heterocycles. The molecule has 1 aromatic carbocycles. The number of carbonyl (C=O) groups excluding carboxylic acids is 3. The van der Waals surface area contributed by atoms with Crippen molar-refractivity contribution in [2.45, 2.75) is 38.8 Å². The second kappa shape index (κ2) is 10.5. The Hall–Kier alpha value is -2.97. The molecule has 0 saturated heterocycles. The molecule has 1 unspecified atom stereocenters. The summed E-state index contributed by atoms with van der Waals surface area (Å²) in [7, 11) is 5.73. The lowest BCUT2D eigenvalue weighted by atomic mass is 10.0. The van der Waals surface area contributed by atoms with E-state index < -0.39 is 29.6 Å². The average Bonchev–Trinajstić information content (AvgIpc) is 2.65. The van der Waals surface area contributed by atoms with E-state index in [1.165, 1.54) is 28.4 Å². The van der Waals surface area contributed by atoms with E-state index >= 15 is 0 Å². The fraction of sp³-hybridized carbons (Fsp3) is 0.550. The molecule has 0 heterocycles. The van der Waals surface area contributed by atoms with Crippen molar-refractivity contribution >= 4 is 18.0 Å². The van der Waals surface area contributed by atoms with Gasteiger partial charge in [0, 0.05) is 7.05 Å². The number of likely N-dealkylation sites (N-methyl/N-ethyl adjacent to an activating group) is 1. The van der Waals surface area contributed by atoms with E-state index in [4.69, 9.17) is 18.9 Å². The number of hydrogen-bond donors (Lipinski definition) is 1. The number of esters is 1. The van der Waals surface area contributed by atoms with E-state index in [-0.39, 0.29) is 13.0 Å².